The Balaban J connectivity index is 1.76. The predicted octanol–water partition coefficient (Wildman–Crippen LogP) is 1.68. The Bertz CT molecular complexity index is 510. The van der Waals surface area contributed by atoms with Crippen LogP contribution in [0.5, 0.6) is 0 Å². The minimum absolute atomic E-state index is 0.146. The van der Waals surface area contributed by atoms with Gasteiger partial charge in [-0.15, -0.1) is 0 Å². The van der Waals surface area contributed by atoms with Crippen LogP contribution in [-0.4, -0.2) is 28.9 Å². The Morgan fingerprint density at radius 2 is 1.68 bits per heavy atom. The molecule has 100 valence electrons. The number of amides is 1. The summed E-state index contributed by atoms with van der Waals surface area (Å²) in [7, 11) is 0. The van der Waals surface area contributed by atoms with Crippen LogP contribution >= 0.6 is 12.2 Å². The van der Waals surface area contributed by atoms with Gasteiger partial charge in [0.05, 0.1) is 10.4 Å². The maximum absolute atomic E-state index is 12.6. The van der Waals surface area contributed by atoms with Crippen molar-refractivity contribution in [2.45, 2.75) is 25.7 Å². The summed E-state index contributed by atoms with van der Waals surface area (Å²) in [6, 6.07) is 8.44. The molecule has 0 bridgehead atoms. The summed E-state index contributed by atoms with van der Waals surface area (Å²) in [5.74, 6) is 0.146. The molecule has 0 radical (unpaired) electrons. The largest absolute Gasteiger partial charge is 0.392 e. The molecule has 0 saturated heterocycles. The number of nitrogens with two attached hydrogens (primary N) is 1. The molecule has 3 nitrogen and oxygen atoms in total. The average molecular weight is 274 g/mol. The first-order chi connectivity index (χ1) is 9.13. The molecule has 0 atom stereocenters. The molecule has 0 spiro atoms. The van der Waals surface area contributed by atoms with E-state index < -0.39 is 5.41 Å². The van der Waals surface area contributed by atoms with Crippen LogP contribution in [0.15, 0.2) is 24.3 Å². The fourth-order valence-corrected chi connectivity index (χ4v) is 3.16. The Morgan fingerprint density at radius 3 is 2.11 bits per heavy atom. The highest BCUT2D eigenvalue weighted by molar-refractivity contribution is 7.80. The molecule has 1 aliphatic carbocycles. The van der Waals surface area contributed by atoms with Crippen molar-refractivity contribution in [1.82, 2.24) is 4.90 Å². The molecular formula is C15H18N2OS. The fourth-order valence-electron chi connectivity index (χ4n) is 2.86. The first-order valence-corrected chi connectivity index (χ1v) is 7.20. The highest BCUT2D eigenvalue weighted by Crippen LogP contribution is 2.47. The van der Waals surface area contributed by atoms with Crippen LogP contribution < -0.4 is 5.73 Å². The molecule has 4 heteroatoms. The maximum Gasteiger partial charge on any atom is 0.235 e. The lowest BCUT2D eigenvalue weighted by atomic mass is 10.0. The van der Waals surface area contributed by atoms with Crippen molar-refractivity contribution in [3.8, 4) is 0 Å². The summed E-state index contributed by atoms with van der Waals surface area (Å²) in [5, 5.41) is 0. The van der Waals surface area contributed by atoms with Crippen molar-refractivity contribution in [2.75, 3.05) is 13.1 Å². The van der Waals surface area contributed by atoms with Crippen molar-refractivity contribution < 1.29 is 4.79 Å². The van der Waals surface area contributed by atoms with E-state index in [-0.39, 0.29) is 5.91 Å². The summed E-state index contributed by atoms with van der Waals surface area (Å²) in [4.78, 5) is 14.9. The molecule has 0 aromatic heterocycles. The van der Waals surface area contributed by atoms with E-state index in [1.807, 2.05) is 4.90 Å². The molecule has 2 aliphatic rings. The van der Waals surface area contributed by atoms with Gasteiger partial charge in [0.25, 0.3) is 0 Å². The zero-order valence-electron chi connectivity index (χ0n) is 10.9. The maximum atomic E-state index is 12.6. The topological polar surface area (TPSA) is 46.3 Å². The summed E-state index contributed by atoms with van der Waals surface area (Å²) in [5.41, 5.74) is 7.96. The molecule has 1 aromatic carbocycles. The number of carbonyl (C=O) groups excluding carboxylic acids is 1. The van der Waals surface area contributed by atoms with Gasteiger partial charge in [0.2, 0.25) is 5.91 Å². The zero-order valence-corrected chi connectivity index (χ0v) is 11.7. The van der Waals surface area contributed by atoms with E-state index in [9.17, 15) is 4.79 Å². The highest BCUT2D eigenvalue weighted by Gasteiger charge is 2.54. The second-order valence-electron chi connectivity index (χ2n) is 5.51. The Kier molecular flexibility index (Phi) is 3.05. The number of benzene rings is 1. The summed E-state index contributed by atoms with van der Waals surface area (Å²) in [6.45, 7) is 1.56. The van der Waals surface area contributed by atoms with Crippen molar-refractivity contribution >= 4 is 23.1 Å². The monoisotopic (exact) mass is 274 g/mol. The molecule has 1 saturated carbocycles. The van der Waals surface area contributed by atoms with Gasteiger partial charge in [-0.2, -0.15) is 0 Å². The summed E-state index contributed by atoms with van der Waals surface area (Å²) in [6.07, 6.45) is 3.50. The summed E-state index contributed by atoms with van der Waals surface area (Å²) < 4.78 is 0. The van der Waals surface area contributed by atoms with Crippen molar-refractivity contribution in [3.05, 3.63) is 35.4 Å². The molecule has 3 rings (SSSR count). The van der Waals surface area contributed by atoms with Crippen LogP contribution in [-0.2, 0) is 17.6 Å². The molecule has 1 amide bonds. The number of rotatable bonds is 2. The highest BCUT2D eigenvalue weighted by atomic mass is 32.1. The van der Waals surface area contributed by atoms with E-state index in [2.05, 4.69) is 24.3 Å². The van der Waals surface area contributed by atoms with Gasteiger partial charge in [-0.25, -0.2) is 0 Å². The smallest absolute Gasteiger partial charge is 0.235 e. The Morgan fingerprint density at radius 1 is 1.16 bits per heavy atom. The van der Waals surface area contributed by atoms with E-state index in [1.54, 1.807) is 0 Å². The molecule has 2 N–H and O–H groups in total. The van der Waals surface area contributed by atoms with Crippen LogP contribution in [0.3, 0.4) is 0 Å². The van der Waals surface area contributed by atoms with Gasteiger partial charge in [-0.1, -0.05) is 36.5 Å². The SMILES string of the molecule is NC(=S)C1(C(=O)N2CCc3ccccc3CC2)CC1. The number of hydrogen-bond acceptors (Lipinski definition) is 2. The van der Waals surface area contributed by atoms with E-state index in [0.717, 1.165) is 38.8 Å². The average Bonchev–Trinajstić information content (AvgIpc) is 3.22. The molecule has 0 unspecified atom stereocenters. The first-order valence-electron chi connectivity index (χ1n) is 6.79. The molecule has 1 aromatic rings. The number of hydrogen-bond donors (Lipinski definition) is 1. The van der Waals surface area contributed by atoms with Gasteiger partial charge in [0.1, 0.15) is 0 Å². The van der Waals surface area contributed by atoms with E-state index >= 15 is 0 Å². The fraction of sp³-hybridized carbons (Fsp3) is 0.467. The Labute approximate surface area is 118 Å². The lowest BCUT2D eigenvalue weighted by Crippen LogP contribution is -2.43. The number of nitrogens with zero attached hydrogens (tertiary/aromatic N) is 1. The minimum atomic E-state index is -0.508. The molecule has 1 aliphatic heterocycles. The third-order valence-electron chi connectivity index (χ3n) is 4.34. The van der Waals surface area contributed by atoms with Gasteiger partial charge < -0.3 is 10.6 Å². The van der Waals surface area contributed by atoms with Crippen LogP contribution in [0.25, 0.3) is 0 Å². The van der Waals surface area contributed by atoms with E-state index in [1.165, 1.54) is 11.1 Å². The van der Waals surface area contributed by atoms with Gasteiger partial charge in [-0.3, -0.25) is 4.79 Å². The van der Waals surface area contributed by atoms with Gasteiger partial charge in [0, 0.05) is 13.1 Å². The van der Waals surface area contributed by atoms with Crippen molar-refractivity contribution in [1.29, 1.82) is 0 Å². The van der Waals surface area contributed by atoms with Crippen LogP contribution in [0.4, 0.5) is 0 Å². The van der Waals surface area contributed by atoms with E-state index in [4.69, 9.17) is 18.0 Å². The Hall–Kier alpha value is -1.42. The molecular weight excluding hydrogens is 256 g/mol. The normalized spacial score (nSPS) is 20.3. The van der Waals surface area contributed by atoms with E-state index in [0.29, 0.717) is 4.99 Å². The number of carbonyl (C=O) groups is 1. The van der Waals surface area contributed by atoms with Crippen molar-refractivity contribution in [2.24, 2.45) is 11.1 Å². The lowest BCUT2D eigenvalue weighted by molar-refractivity contribution is -0.134. The molecule has 1 fully saturated rings. The standard InChI is InChI=1S/C15H18N2OS/c16-13(19)15(7-8-15)14(18)17-9-5-11-3-1-2-4-12(11)6-10-17/h1-4H,5-10H2,(H2,16,19). The predicted molar refractivity (Wildman–Crippen MR) is 78.9 cm³/mol. The number of fused-ring (bicyclic) bond motifs is 1. The second kappa shape index (κ2) is 4.60. The first kappa shape index (κ1) is 12.6. The minimum Gasteiger partial charge on any atom is -0.392 e. The molecule has 19 heavy (non-hydrogen) atoms. The molecule has 1 heterocycles. The third-order valence-corrected chi connectivity index (χ3v) is 4.73. The third kappa shape index (κ3) is 2.14. The zero-order chi connectivity index (χ0) is 13.5. The lowest BCUT2D eigenvalue weighted by Gasteiger charge is -2.25. The van der Waals surface area contributed by atoms with Gasteiger partial charge >= 0.3 is 0 Å². The van der Waals surface area contributed by atoms with Crippen LogP contribution in [0.1, 0.15) is 24.0 Å². The van der Waals surface area contributed by atoms with Gasteiger partial charge in [0.15, 0.2) is 0 Å². The van der Waals surface area contributed by atoms with Crippen LogP contribution in [0, 0.1) is 5.41 Å². The van der Waals surface area contributed by atoms with Crippen LogP contribution in [0.2, 0.25) is 0 Å². The second-order valence-corrected chi connectivity index (χ2v) is 5.95. The quantitative estimate of drug-likeness (QED) is 0.835. The summed E-state index contributed by atoms with van der Waals surface area (Å²) >= 11 is 5.07. The van der Waals surface area contributed by atoms with Crippen molar-refractivity contribution in [3.63, 3.8) is 0 Å². The van der Waals surface area contributed by atoms with Gasteiger partial charge in [-0.05, 0) is 36.8 Å². The number of thiocarbonyl (C=S) groups is 1.